The summed E-state index contributed by atoms with van der Waals surface area (Å²) in [5.41, 5.74) is 1.18. The molecule has 0 amide bonds. The first-order chi connectivity index (χ1) is 11.3. The SMILES string of the molecule is Fc1ccc(CN2CCN(Cc3nnc4n3CCC4)CC2)cc1. The lowest BCUT2D eigenvalue weighted by Gasteiger charge is -2.34. The van der Waals surface area contributed by atoms with Gasteiger partial charge in [0.1, 0.15) is 17.5 Å². The van der Waals surface area contributed by atoms with Crippen molar-refractivity contribution in [2.45, 2.75) is 32.5 Å². The molecule has 1 aromatic carbocycles. The number of rotatable bonds is 4. The highest BCUT2D eigenvalue weighted by molar-refractivity contribution is 5.16. The van der Waals surface area contributed by atoms with Gasteiger partial charge in [0.15, 0.2) is 0 Å². The molecule has 3 heterocycles. The summed E-state index contributed by atoms with van der Waals surface area (Å²) in [5, 5.41) is 8.63. The van der Waals surface area contributed by atoms with Crippen LogP contribution in [0.4, 0.5) is 4.39 Å². The highest BCUT2D eigenvalue weighted by atomic mass is 19.1. The molecule has 0 N–H and O–H groups in total. The zero-order chi connectivity index (χ0) is 15.6. The number of hydrogen-bond donors (Lipinski definition) is 0. The van der Waals surface area contributed by atoms with Crippen molar-refractivity contribution < 1.29 is 4.39 Å². The molecular weight excluding hydrogens is 293 g/mol. The highest BCUT2D eigenvalue weighted by Crippen LogP contribution is 2.16. The van der Waals surface area contributed by atoms with Crippen LogP contribution in [-0.4, -0.2) is 50.7 Å². The molecule has 1 saturated heterocycles. The Hall–Kier alpha value is -1.79. The van der Waals surface area contributed by atoms with Crippen molar-refractivity contribution in [2.75, 3.05) is 26.2 Å². The first-order valence-corrected chi connectivity index (χ1v) is 8.38. The van der Waals surface area contributed by atoms with Gasteiger partial charge < -0.3 is 4.57 Å². The zero-order valence-electron chi connectivity index (χ0n) is 13.3. The van der Waals surface area contributed by atoms with Gasteiger partial charge in [-0.2, -0.15) is 0 Å². The molecule has 0 saturated carbocycles. The van der Waals surface area contributed by atoms with Crippen molar-refractivity contribution in [3.05, 3.63) is 47.3 Å². The van der Waals surface area contributed by atoms with Gasteiger partial charge in [-0.1, -0.05) is 12.1 Å². The second-order valence-electron chi connectivity index (χ2n) is 6.47. The van der Waals surface area contributed by atoms with Crippen molar-refractivity contribution in [3.63, 3.8) is 0 Å². The number of aryl methyl sites for hydroxylation is 1. The second-order valence-corrected chi connectivity index (χ2v) is 6.47. The van der Waals surface area contributed by atoms with E-state index in [9.17, 15) is 4.39 Å². The fourth-order valence-corrected chi connectivity index (χ4v) is 3.48. The summed E-state index contributed by atoms with van der Waals surface area (Å²) in [6.45, 7) is 7.04. The molecule has 0 unspecified atom stereocenters. The van der Waals surface area contributed by atoms with Gasteiger partial charge in [-0.05, 0) is 24.1 Å². The van der Waals surface area contributed by atoms with E-state index in [-0.39, 0.29) is 5.82 Å². The Kier molecular flexibility index (Phi) is 4.10. The molecule has 2 aliphatic heterocycles. The molecule has 0 bridgehead atoms. The summed E-state index contributed by atoms with van der Waals surface area (Å²) in [7, 11) is 0. The Bertz CT molecular complexity index is 658. The Morgan fingerprint density at radius 1 is 0.870 bits per heavy atom. The Labute approximate surface area is 135 Å². The molecule has 1 aromatic heterocycles. The number of nitrogens with zero attached hydrogens (tertiary/aromatic N) is 5. The van der Waals surface area contributed by atoms with Crippen molar-refractivity contribution in [1.82, 2.24) is 24.6 Å². The molecule has 122 valence electrons. The predicted octanol–water partition coefficient (Wildman–Crippen LogP) is 1.68. The summed E-state index contributed by atoms with van der Waals surface area (Å²) in [6.07, 6.45) is 2.27. The average Bonchev–Trinajstić information content (AvgIpc) is 3.17. The van der Waals surface area contributed by atoms with Crippen molar-refractivity contribution >= 4 is 0 Å². The van der Waals surface area contributed by atoms with E-state index in [1.807, 2.05) is 12.1 Å². The van der Waals surface area contributed by atoms with Gasteiger partial charge in [0.2, 0.25) is 0 Å². The van der Waals surface area contributed by atoms with Crippen LogP contribution < -0.4 is 0 Å². The maximum absolute atomic E-state index is 13.0. The average molecular weight is 315 g/mol. The predicted molar refractivity (Wildman–Crippen MR) is 85.3 cm³/mol. The van der Waals surface area contributed by atoms with Crippen molar-refractivity contribution in [3.8, 4) is 0 Å². The lowest BCUT2D eigenvalue weighted by atomic mass is 10.2. The summed E-state index contributed by atoms with van der Waals surface area (Å²) in [5.74, 6) is 2.10. The van der Waals surface area contributed by atoms with Gasteiger partial charge in [-0.15, -0.1) is 10.2 Å². The molecule has 23 heavy (non-hydrogen) atoms. The van der Waals surface area contributed by atoms with E-state index in [0.717, 1.165) is 63.9 Å². The van der Waals surface area contributed by atoms with E-state index in [4.69, 9.17) is 0 Å². The molecule has 0 aliphatic carbocycles. The number of aromatic nitrogens is 3. The summed E-state index contributed by atoms with van der Waals surface area (Å²) < 4.78 is 15.2. The molecule has 4 rings (SSSR count). The minimum absolute atomic E-state index is 0.167. The summed E-state index contributed by atoms with van der Waals surface area (Å²) >= 11 is 0. The van der Waals surface area contributed by atoms with Crippen LogP contribution in [0, 0.1) is 5.82 Å². The molecule has 2 aliphatic rings. The van der Waals surface area contributed by atoms with E-state index < -0.39 is 0 Å². The van der Waals surface area contributed by atoms with Crippen LogP contribution in [0.3, 0.4) is 0 Å². The maximum Gasteiger partial charge on any atom is 0.147 e. The molecule has 2 aromatic rings. The van der Waals surface area contributed by atoms with Gasteiger partial charge in [-0.25, -0.2) is 4.39 Å². The first-order valence-electron chi connectivity index (χ1n) is 8.38. The van der Waals surface area contributed by atoms with Crippen LogP contribution >= 0.6 is 0 Å². The van der Waals surface area contributed by atoms with E-state index in [0.29, 0.717) is 0 Å². The lowest BCUT2D eigenvalue weighted by molar-refractivity contribution is 0.119. The van der Waals surface area contributed by atoms with Gasteiger partial charge in [0, 0.05) is 45.7 Å². The lowest BCUT2D eigenvalue weighted by Crippen LogP contribution is -2.45. The van der Waals surface area contributed by atoms with Crippen molar-refractivity contribution in [1.29, 1.82) is 0 Å². The number of fused-ring (bicyclic) bond motifs is 1. The third-order valence-electron chi connectivity index (χ3n) is 4.84. The van der Waals surface area contributed by atoms with Crippen LogP contribution in [0.2, 0.25) is 0 Å². The van der Waals surface area contributed by atoms with Gasteiger partial charge in [-0.3, -0.25) is 9.80 Å². The van der Waals surface area contributed by atoms with Gasteiger partial charge in [0.25, 0.3) is 0 Å². The van der Waals surface area contributed by atoms with Crippen LogP contribution in [-0.2, 0) is 26.1 Å². The molecular formula is C17H22FN5. The minimum atomic E-state index is -0.167. The number of piperazine rings is 1. The second kappa shape index (κ2) is 6.37. The molecule has 1 fully saturated rings. The Balaban J connectivity index is 1.29. The van der Waals surface area contributed by atoms with E-state index >= 15 is 0 Å². The van der Waals surface area contributed by atoms with E-state index in [1.165, 1.54) is 24.1 Å². The number of halogens is 1. The standard InChI is InChI=1S/C17H22FN5/c18-15-5-3-14(4-6-15)12-21-8-10-22(11-9-21)13-17-20-19-16-2-1-7-23(16)17/h3-6H,1-2,7-13H2. The fourth-order valence-electron chi connectivity index (χ4n) is 3.48. The molecule has 6 heteroatoms. The monoisotopic (exact) mass is 315 g/mol. The van der Waals surface area contributed by atoms with Crippen molar-refractivity contribution in [2.24, 2.45) is 0 Å². The summed E-state index contributed by atoms with van der Waals surface area (Å²) in [6, 6.07) is 6.83. The zero-order valence-corrected chi connectivity index (χ0v) is 13.3. The molecule has 0 radical (unpaired) electrons. The van der Waals surface area contributed by atoms with E-state index in [1.54, 1.807) is 0 Å². The first kappa shape index (κ1) is 14.8. The van der Waals surface area contributed by atoms with Crippen LogP contribution in [0.15, 0.2) is 24.3 Å². The van der Waals surface area contributed by atoms with Crippen LogP contribution in [0.25, 0.3) is 0 Å². The molecule has 0 atom stereocenters. The van der Waals surface area contributed by atoms with Crippen LogP contribution in [0.1, 0.15) is 23.6 Å². The third-order valence-corrected chi connectivity index (χ3v) is 4.84. The maximum atomic E-state index is 13.0. The Morgan fingerprint density at radius 2 is 1.57 bits per heavy atom. The smallest absolute Gasteiger partial charge is 0.147 e. The normalized spacial score (nSPS) is 19.2. The van der Waals surface area contributed by atoms with Crippen LogP contribution in [0.5, 0.6) is 0 Å². The largest absolute Gasteiger partial charge is 0.314 e. The summed E-state index contributed by atoms with van der Waals surface area (Å²) in [4.78, 5) is 4.88. The van der Waals surface area contributed by atoms with Gasteiger partial charge in [0.05, 0.1) is 6.54 Å². The topological polar surface area (TPSA) is 37.2 Å². The Morgan fingerprint density at radius 3 is 2.30 bits per heavy atom. The minimum Gasteiger partial charge on any atom is -0.314 e. The highest BCUT2D eigenvalue weighted by Gasteiger charge is 2.22. The number of benzene rings is 1. The molecule has 0 spiro atoms. The van der Waals surface area contributed by atoms with E-state index in [2.05, 4.69) is 24.6 Å². The third kappa shape index (κ3) is 3.28. The molecule has 5 nitrogen and oxygen atoms in total. The number of hydrogen-bond acceptors (Lipinski definition) is 4. The fraction of sp³-hybridized carbons (Fsp3) is 0.529. The quantitative estimate of drug-likeness (QED) is 0.860. The van der Waals surface area contributed by atoms with Gasteiger partial charge >= 0.3 is 0 Å².